The van der Waals surface area contributed by atoms with E-state index in [1.54, 1.807) is 11.3 Å². The van der Waals surface area contributed by atoms with E-state index >= 15 is 0 Å². The van der Waals surface area contributed by atoms with Crippen LogP contribution in [0, 0.1) is 17.3 Å². The number of amides is 1. The zero-order chi connectivity index (χ0) is 14.2. The fourth-order valence-corrected chi connectivity index (χ4v) is 3.26. The second-order valence-corrected chi connectivity index (χ2v) is 6.61. The van der Waals surface area contributed by atoms with Crippen LogP contribution in [-0.4, -0.2) is 22.0 Å². The highest BCUT2D eigenvalue weighted by Crippen LogP contribution is 2.58. The third kappa shape index (κ3) is 2.63. The van der Waals surface area contributed by atoms with Crippen LogP contribution in [0.2, 0.25) is 0 Å². The number of carbonyl (C=O) groups is 2. The Morgan fingerprint density at radius 2 is 2.16 bits per heavy atom. The first-order valence-electron chi connectivity index (χ1n) is 6.32. The van der Waals surface area contributed by atoms with Crippen molar-refractivity contribution in [2.45, 2.75) is 33.7 Å². The van der Waals surface area contributed by atoms with Crippen molar-refractivity contribution >= 4 is 23.2 Å². The number of hydrogen-bond donors (Lipinski definition) is 2. The van der Waals surface area contributed by atoms with E-state index in [0.717, 1.165) is 11.4 Å². The van der Waals surface area contributed by atoms with Crippen LogP contribution >= 0.6 is 11.3 Å². The lowest BCUT2D eigenvalue weighted by atomic mass is 10.1. The Morgan fingerprint density at radius 3 is 2.63 bits per heavy atom. The molecule has 1 fully saturated rings. The van der Waals surface area contributed by atoms with Crippen LogP contribution in [0.5, 0.6) is 0 Å². The highest BCUT2D eigenvalue weighted by Gasteiger charge is 2.65. The summed E-state index contributed by atoms with van der Waals surface area (Å²) in [7, 11) is 0. The van der Waals surface area contributed by atoms with Crippen molar-refractivity contribution in [1.29, 1.82) is 0 Å². The summed E-state index contributed by atoms with van der Waals surface area (Å²) in [6, 6.07) is 0. The number of aromatic nitrogens is 1. The molecule has 0 aliphatic heterocycles. The molecule has 1 heterocycles. The Morgan fingerprint density at radius 1 is 1.47 bits per heavy atom. The molecule has 2 rings (SSSR count). The number of aliphatic carboxylic acids is 1. The first-order valence-corrected chi connectivity index (χ1v) is 7.13. The van der Waals surface area contributed by atoms with Gasteiger partial charge in [-0.25, -0.2) is 4.98 Å². The molecule has 0 radical (unpaired) electrons. The number of thiazole rings is 1. The fourth-order valence-electron chi connectivity index (χ4n) is 2.45. The summed E-state index contributed by atoms with van der Waals surface area (Å²) in [6.07, 6.45) is 2.75. The van der Waals surface area contributed by atoms with E-state index in [1.807, 2.05) is 20.0 Å². The van der Waals surface area contributed by atoms with Crippen LogP contribution in [0.3, 0.4) is 0 Å². The minimum Gasteiger partial charge on any atom is -0.481 e. The molecule has 0 aromatic carbocycles. The topological polar surface area (TPSA) is 79.3 Å². The smallest absolute Gasteiger partial charge is 0.307 e. The molecule has 1 aromatic rings. The van der Waals surface area contributed by atoms with E-state index in [4.69, 9.17) is 5.11 Å². The predicted molar refractivity (Wildman–Crippen MR) is 71.7 cm³/mol. The van der Waals surface area contributed by atoms with Crippen molar-refractivity contribution in [1.82, 2.24) is 10.3 Å². The van der Waals surface area contributed by atoms with Crippen LogP contribution in [0.1, 0.15) is 30.7 Å². The molecule has 2 N–H and O–H groups in total. The highest BCUT2D eigenvalue weighted by molar-refractivity contribution is 7.11. The minimum atomic E-state index is -0.896. The summed E-state index contributed by atoms with van der Waals surface area (Å²) in [5, 5.41) is 12.7. The monoisotopic (exact) mass is 282 g/mol. The first kappa shape index (κ1) is 14.0. The molecule has 1 aliphatic rings. The average Bonchev–Trinajstić information content (AvgIpc) is 2.73. The standard InChI is InChI=1S/C13H18N2O3S/c1-4-7-5-14-8(19-7)6-15-11(16)9-10(12(17)18)13(9,2)3/h5,9-10H,4,6H2,1-3H3,(H,15,16)(H,17,18)/t9-,10+/m1/s1. The van der Waals surface area contributed by atoms with Crippen molar-refractivity contribution in [3.8, 4) is 0 Å². The molecule has 19 heavy (non-hydrogen) atoms. The van der Waals surface area contributed by atoms with Gasteiger partial charge >= 0.3 is 5.97 Å². The molecule has 1 saturated carbocycles. The van der Waals surface area contributed by atoms with Gasteiger partial charge in [0.15, 0.2) is 0 Å². The minimum absolute atomic E-state index is 0.189. The number of aryl methyl sites for hydroxylation is 1. The summed E-state index contributed by atoms with van der Waals surface area (Å²) >= 11 is 1.57. The maximum atomic E-state index is 12.0. The number of carbonyl (C=O) groups excluding carboxylic acids is 1. The van der Waals surface area contributed by atoms with Gasteiger partial charge in [-0.3, -0.25) is 9.59 Å². The predicted octanol–water partition coefficient (Wildman–Crippen LogP) is 1.68. The van der Waals surface area contributed by atoms with E-state index < -0.39 is 23.2 Å². The maximum absolute atomic E-state index is 12.0. The molecule has 0 unspecified atom stereocenters. The number of hydrogen-bond acceptors (Lipinski definition) is 4. The van der Waals surface area contributed by atoms with Crippen molar-refractivity contribution in [2.75, 3.05) is 0 Å². The Bertz CT molecular complexity index is 510. The van der Waals surface area contributed by atoms with Gasteiger partial charge in [-0.1, -0.05) is 20.8 Å². The van der Waals surface area contributed by atoms with E-state index in [1.165, 1.54) is 4.88 Å². The molecule has 2 atom stereocenters. The van der Waals surface area contributed by atoms with E-state index in [9.17, 15) is 9.59 Å². The van der Waals surface area contributed by atoms with Gasteiger partial charge in [0.1, 0.15) is 5.01 Å². The molecule has 0 bridgehead atoms. The Kier molecular flexibility index (Phi) is 3.62. The molecule has 1 aromatic heterocycles. The summed E-state index contributed by atoms with van der Waals surface area (Å²) in [4.78, 5) is 28.4. The normalized spacial score (nSPS) is 23.9. The summed E-state index contributed by atoms with van der Waals surface area (Å²) in [5.41, 5.74) is -0.451. The van der Waals surface area contributed by atoms with Crippen LogP contribution < -0.4 is 5.32 Å². The van der Waals surface area contributed by atoms with Gasteiger partial charge in [-0.05, 0) is 11.8 Å². The quantitative estimate of drug-likeness (QED) is 0.861. The Hall–Kier alpha value is -1.43. The van der Waals surface area contributed by atoms with Crippen LogP contribution in [0.15, 0.2) is 6.20 Å². The highest BCUT2D eigenvalue weighted by atomic mass is 32.1. The Balaban J connectivity index is 1.91. The number of carboxylic acid groups (broad SMARTS) is 1. The van der Waals surface area contributed by atoms with Gasteiger partial charge < -0.3 is 10.4 Å². The molecule has 1 amide bonds. The van der Waals surface area contributed by atoms with Crippen LogP contribution in [0.25, 0.3) is 0 Å². The number of rotatable bonds is 5. The molecule has 0 spiro atoms. The lowest BCUT2D eigenvalue weighted by Gasteiger charge is -2.03. The lowest BCUT2D eigenvalue weighted by Crippen LogP contribution is -2.26. The van der Waals surface area contributed by atoms with Crippen molar-refractivity contribution in [3.63, 3.8) is 0 Å². The van der Waals surface area contributed by atoms with Gasteiger partial charge in [-0.2, -0.15) is 0 Å². The SMILES string of the molecule is CCc1cnc(CNC(=O)[C@H]2[C@@H](C(=O)O)C2(C)C)s1. The number of carboxylic acids is 1. The molecule has 5 nitrogen and oxygen atoms in total. The molecular weight excluding hydrogens is 264 g/mol. The van der Waals surface area contributed by atoms with E-state index in [-0.39, 0.29) is 5.91 Å². The third-order valence-corrected chi connectivity index (χ3v) is 4.88. The van der Waals surface area contributed by atoms with Gasteiger partial charge in [-0.15, -0.1) is 11.3 Å². The van der Waals surface area contributed by atoms with Crippen molar-refractivity contribution < 1.29 is 14.7 Å². The molecule has 6 heteroatoms. The molecular formula is C13H18N2O3S. The second-order valence-electron chi connectivity index (χ2n) is 5.41. The van der Waals surface area contributed by atoms with E-state index in [2.05, 4.69) is 17.2 Å². The largest absolute Gasteiger partial charge is 0.481 e. The molecule has 0 saturated heterocycles. The van der Waals surface area contributed by atoms with Gasteiger partial charge in [0.05, 0.1) is 18.4 Å². The fraction of sp³-hybridized carbons (Fsp3) is 0.615. The Labute approximate surface area is 116 Å². The summed E-state index contributed by atoms with van der Waals surface area (Å²) in [5.74, 6) is -2.09. The van der Waals surface area contributed by atoms with E-state index in [0.29, 0.717) is 6.54 Å². The third-order valence-electron chi connectivity index (χ3n) is 3.74. The second kappa shape index (κ2) is 4.92. The van der Waals surface area contributed by atoms with Crippen LogP contribution in [0.4, 0.5) is 0 Å². The van der Waals surface area contributed by atoms with Gasteiger partial charge in [0.25, 0.3) is 0 Å². The molecule has 104 valence electrons. The van der Waals surface area contributed by atoms with Crippen molar-refractivity contribution in [2.24, 2.45) is 17.3 Å². The summed E-state index contributed by atoms with van der Waals surface area (Å²) in [6.45, 7) is 6.06. The maximum Gasteiger partial charge on any atom is 0.307 e. The first-order chi connectivity index (χ1) is 8.87. The zero-order valence-corrected chi connectivity index (χ0v) is 12.1. The average molecular weight is 282 g/mol. The van der Waals surface area contributed by atoms with Gasteiger partial charge in [0, 0.05) is 11.1 Å². The van der Waals surface area contributed by atoms with Crippen LogP contribution in [-0.2, 0) is 22.6 Å². The zero-order valence-electron chi connectivity index (χ0n) is 11.3. The summed E-state index contributed by atoms with van der Waals surface area (Å²) < 4.78 is 0. The van der Waals surface area contributed by atoms with Gasteiger partial charge in [0.2, 0.25) is 5.91 Å². The molecule has 1 aliphatic carbocycles. The number of nitrogens with one attached hydrogen (secondary N) is 1. The van der Waals surface area contributed by atoms with Crippen molar-refractivity contribution in [3.05, 3.63) is 16.1 Å². The lowest BCUT2D eigenvalue weighted by molar-refractivity contribution is -0.140. The number of nitrogens with zero attached hydrogens (tertiary/aromatic N) is 1.